The van der Waals surface area contributed by atoms with Gasteiger partial charge in [0.15, 0.2) is 0 Å². The van der Waals surface area contributed by atoms with Crippen molar-refractivity contribution in [1.29, 1.82) is 0 Å². The lowest BCUT2D eigenvalue weighted by atomic mass is 9.97. The Bertz CT molecular complexity index is 608. The van der Waals surface area contributed by atoms with Gasteiger partial charge in [-0.25, -0.2) is 0 Å². The van der Waals surface area contributed by atoms with Crippen LogP contribution in [0.15, 0.2) is 45.3 Å². The van der Waals surface area contributed by atoms with Gasteiger partial charge < -0.3 is 5.32 Å². The van der Waals surface area contributed by atoms with Crippen LogP contribution in [0.3, 0.4) is 0 Å². The van der Waals surface area contributed by atoms with E-state index in [2.05, 4.69) is 87.4 Å². The quantitative estimate of drug-likeness (QED) is 0.736. The van der Waals surface area contributed by atoms with E-state index in [1.165, 1.54) is 22.3 Å². The lowest BCUT2D eigenvalue weighted by Crippen LogP contribution is -2.19. The largest absolute Gasteiger partial charge is 0.313 e. The summed E-state index contributed by atoms with van der Waals surface area (Å²) in [6.45, 7) is 4.32. The van der Waals surface area contributed by atoms with Crippen molar-refractivity contribution in [2.75, 3.05) is 7.05 Å². The predicted molar refractivity (Wildman–Crippen MR) is 93.3 cm³/mol. The topological polar surface area (TPSA) is 12.0 Å². The number of nitrogens with one attached hydrogen (secondary N) is 1. The molecule has 0 aromatic heterocycles. The molecule has 0 aliphatic rings. The van der Waals surface area contributed by atoms with Gasteiger partial charge >= 0.3 is 0 Å². The monoisotopic (exact) mass is 395 g/mol. The Morgan fingerprint density at radius 2 is 1.75 bits per heavy atom. The molecular weight excluding hydrogens is 378 g/mol. The minimum Gasteiger partial charge on any atom is -0.313 e. The molecule has 2 aromatic rings. The predicted octanol–water partition coefficient (Wildman–Crippen LogP) is 5.33. The molecule has 0 aliphatic heterocycles. The van der Waals surface area contributed by atoms with Crippen LogP contribution in [-0.4, -0.2) is 7.05 Å². The summed E-state index contributed by atoms with van der Waals surface area (Å²) in [5.41, 5.74) is 5.35. The Balaban J connectivity index is 2.26. The van der Waals surface area contributed by atoms with Crippen LogP contribution in [0.2, 0.25) is 0 Å². The fourth-order valence-corrected chi connectivity index (χ4v) is 3.64. The minimum absolute atomic E-state index is 0.305. The average Bonchev–Trinajstić information content (AvgIpc) is 2.41. The molecule has 0 saturated carbocycles. The Labute approximate surface area is 138 Å². The highest BCUT2D eigenvalue weighted by Gasteiger charge is 2.13. The van der Waals surface area contributed by atoms with E-state index in [1.54, 1.807) is 0 Å². The van der Waals surface area contributed by atoms with Crippen molar-refractivity contribution < 1.29 is 0 Å². The molecule has 0 amide bonds. The highest BCUT2D eigenvalue weighted by Crippen LogP contribution is 2.29. The third-order valence-corrected chi connectivity index (χ3v) is 4.88. The van der Waals surface area contributed by atoms with E-state index < -0.39 is 0 Å². The Morgan fingerprint density at radius 1 is 1.00 bits per heavy atom. The van der Waals surface area contributed by atoms with Crippen LogP contribution >= 0.6 is 31.9 Å². The van der Waals surface area contributed by atoms with Gasteiger partial charge in [-0.3, -0.25) is 0 Å². The van der Waals surface area contributed by atoms with Crippen LogP contribution in [0.4, 0.5) is 0 Å². The van der Waals surface area contributed by atoms with E-state index in [0.717, 1.165) is 15.4 Å². The van der Waals surface area contributed by atoms with Crippen molar-refractivity contribution in [2.24, 2.45) is 0 Å². The van der Waals surface area contributed by atoms with E-state index >= 15 is 0 Å². The molecular formula is C17H19Br2N. The zero-order valence-electron chi connectivity index (χ0n) is 12.0. The van der Waals surface area contributed by atoms with Crippen LogP contribution in [0.5, 0.6) is 0 Å². The van der Waals surface area contributed by atoms with Gasteiger partial charge in [0.1, 0.15) is 0 Å². The standard InChI is InChI=1S/C17H19Br2N/c1-11-4-5-13(8-12(11)2)9-17(20-3)15-7-6-14(18)10-16(15)19/h4-8,10,17,20H,9H2,1-3H3. The number of hydrogen-bond donors (Lipinski definition) is 1. The fraction of sp³-hybridized carbons (Fsp3) is 0.294. The number of halogens is 2. The maximum Gasteiger partial charge on any atom is 0.0369 e. The molecule has 0 aliphatic carbocycles. The summed E-state index contributed by atoms with van der Waals surface area (Å²) in [7, 11) is 2.01. The lowest BCUT2D eigenvalue weighted by molar-refractivity contribution is 0.589. The smallest absolute Gasteiger partial charge is 0.0369 e. The Morgan fingerprint density at radius 3 is 2.35 bits per heavy atom. The number of aryl methyl sites for hydroxylation is 2. The normalized spacial score (nSPS) is 12.4. The fourth-order valence-electron chi connectivity index (χ4n) is 2.32. The third-order valence-electron chi connectivity index (χ3n) is 3.70. The molecule has 0 heterocycles. The Hall–Kier alpha value is -0.640. The van der Waals surface area contributed by atoms with Gasteiger partial charge in [-0.15, -0.1) is 0 Å². The van der Waals surface area contributed by atoms with E-state index in [-0.39, 0.29) is 0 Å². The molecule has 1 nitrogen and oxygen atoms in total. The first kappa shape index (κ1) is 15.7. The number of likely N-dealkylation sites (N-methyl/N-ethyl adjacent to an activating group) is 1. The van der Waals surface area contributed by atoms with Crippen LogP contribution in [0, 0.1) is 13.8 Å². The molecule has 1 N–H and O–H groups in total. The zero-order chi connectivity index (χ0) is 14.7. The van der Waals surface area contributed by atoms with Gasteiger partial charge in [-0.1, -0.05) is 56.1 Å². The average molecular weight is 397 g/mol. The zero-order valence-corrected chi connectivity index (χ0v) is 15.2. The van der Waals surface area contributed by atoms with Gasteiger partial charge in [-0.2, -0.15) is 0 Å². The molecule has 106 valence electrons. The van der Waals surface area contributed by atoms with Gasteiger partial charge in [0.05, 0.1) is 0 Å². The second-order valence-electron chi connectivity index (χ2n) is 5.13. The maximum atomic E-state index is 3.66. The van der Waals surface area contributed by atoms with E-state index in [0.29, 0.717) is 6.04 Å². The summed E-state index contributed by atoms with van der Waals surface area (Å²) in [4.78, 5) is 0. The SMILES string of the molecule is CNC(Cc1ccc(C)c(C)c1)c1ccc(Br)cc1Br. The molecule has 2 aromatic carbocycles. The summed E-state index contributed by atoms with van der Waals surface area (Å²) >= 11 is 7.16. The summed E-state index contributed by atoms with van der Waals surface area (Å²) in [6, 6.07) is 13.4. The van der Waals surface area contributed by atoms with Crippen molar-refractivity contribution >= 4 is 31.9 Å². The molecule has 0 saturated heterocycles. The first-order valence-electron chi connectivity index (χ1n) is 6.69. The van der Waals surface area contributed by atoms with Gasteiger partial charge in [0.25, 0.3) is 0 Å². The summed E-state index contributed by atoms with van der Waals surface area (Å²) in [5, 5.41) is 3.42. The summed E-state index contributed by atoms with van der Waals surface area (Å²) in [5.74, 6) is 0. The molecule has 2 rings (SSSR count). The van der Waals surface area contributed by atoms with Gasteiger partial charge in [-0.05, 0) is 61.7 Å². The molecule has 1 unspecified atom stereocenters. The second-order valence-corrected chi connectivity index (χ2v) is 6.90. The highest BCUT2D eigenvalue weighted by atomic mass is 79.9. The van der Waals surface area contributed by atoms with E-state index in [4.69, 9.17) is 0 Å². The molecule has 0 bridgehead atoms. The number of hydrogen-bond acceptors (Lipinski definition) is 1. The molecule has 0 fully saturated rings. The third kappa shape index (κ3) is 3.72. The number of rotatable bonds is 4. The van der Waals surface area contributed by atoms with Crippen molar-refractivity contribution in [3.63, 3.8) is 0 Å². The van der Waals surface area contributed by atoms with Crippen LogP contribution < -0.4 is 5.32 Å². The maximum absolute atomic E-state index is 3.66. The summed E-state index contributed by atoms with van der Waals surface area (Å²) in [6.07, 6.45) is 0.984. The first-order chi connectivity index (χ1) is 9.51. The van der Waals surface area contributed by atoms with E-state index in [9.17, 15) is 0 Å². The molecule has 20 heavy (non-hydrogen) atoms. The second kappa shape index (κ2) is 6.88. The van der Waals surface area contributed by atoms with Crippen LogP contribution in [-0.2, 0) is 6.42 Å². The molecule has 0 spiro atoms. The molecule has 0 radical (unpaired) electrons. The van der Waals surface area contributed by atoms with Crippen LogP contribution in [0.1, 0.15) is 28.3 Å². The van der Waals surface area contributed by atoms with Crippen molar-refractivity contribution in [1.82, 2.24) is 5.32 Å². The lowest BCUT2D eigenvalue weighted by Gasteiger charge is -2.19. The van der Waals surface area contributed by atoms with Gasteiger partial charge in [0.2, 0.25) is 0 Å². The Kier molecular flexibility index (Phi) is 5.42. The van der Waals surface area contributed by atoms with Gasteiger partial charge in [0, 0.05) is 15.0 Å². The summed E-state index contributed by atoms with van der Waals surface area (Å²) < 4.78 is 2.23. The van der Waals surface area contributed by atoms with Crippen molar-refractivity contribution in [2.45, 2.75) is 26.3 Å². The first-order valence-corrected chi connectivity index (χ1v) is 8.28. The minimum atomic E-state index is 0.305. The van der Waals surface area contributed by atoms with E-state index in [1.807, 2.05) is 7.05 Å². The number of benzene rings is 2. The highest BCUT2D eigenvalue weighted by molar-refractivity contribution is 9.11. The molecule has 3 heteroatoms. The van der Waals surface area contributed by atoms with Crippen molar-refractivity contribution in [3.8, 4) is 0 Å². The van der Waals surface area contributed by atoms with Crippen LogP contribution in [0.25, 0.3) is 0 Å². The molecule has 1 atom stereocenters. The van der Waals surface area contributed by atoms with Crippen molar-refractivity contribution in [3.05, 3.63) is 67.6 Å².